The van der Waals surface area contributed by atoms with E-state index in [1.165, 1.54) is 22.9 Å². The van der Waals surface area contributed by atoms with Crippen LogP contribution in [0.3, 0.4) is 0 Å². The fraction of sp³-hybridized carbons (Fsp3) is 0.550. The van der Waals surface area contributed by atoms with Gasteiger partial charge in [0.05, 0.1) is 13.1 Å². The maximum Gasteiger partial charge on any atom is 0.191 e. The van der Waals surface area contributed by atoms with Crippen molar-refractivity contribution in [2.75, 3.05) is 13.1 Å². The summed E-state index contributed by atoms with van der Waals surface area (Å²) in [5.74, 6) is 2.86. The quantitative estimate of drug-likeness (QED) is 0.334. The standard InChI is InChI=1S/C20H27BrN6.HI/c1-3-22-19(25-15-8-9-18-24-14(2)26-27(18)12-15)23-13-20(10-11-20)16-6-4-5-7-17(16)21;/h4-7,15H,3,8-13H2,1-2H3,(H2,22,23,25);1H. The molecule has 2 aromatic rings. The van der Waals surface area contributed by atoms with Crippen molar-refractivity contribution in [3.05, 3.63) is 46.0 Å². The first kappa shape index (κ1) is 21.5. The highest BCUT2D eigenvalue weighted by Gasteiger charge is 2.45. The van der Waals surface area contributed by atoms with E-state index in [0.29, 0.717) is 6.04 Å². The molecule has 1 saturated carbocycles. The zero-order chi connectivity index (χ0) is 18.9. The fourth-order valence-corrected chi connectivity index (χ4v) is 4.56. The van der Waals surface area contributed by atoms with Gasteiger partial charge in [0.25, 0.3) is 0 Å². The molecule has 2 aliphatic rings. The average Bonchev–Trinajstić information content (AvgIpc) is 3.34. The van der Waals surface area contributed by atoms with Crippen molar-refractivity contribution in [3.8, 4) is 0 Å². The van der Waals surface area contributed by atoms with Gasteiger partial charge in [0, 0.05) is 28.9 Å². The summed E-state index contributed by atoms with van der Waals surface area (Å²) < 4.78 is 3.22. The number of guanidine groups is 1. The van der Waals surface area contributed by atoms with E-state index in [2.05, 4.69) is 67.8 Å². The van der Waals surface area contributed by atoms with Crippen LogP contribution in [0, 0.1) is 6.92 Å². The number of halogens is 2. The van der Waals surface area contributed by atoms with Gasteiger partial charge in [0.15, 0.2) is 5.96 Å². The number of rotatable bonds is 5. The lowest BCUT2D eigenvalue weighted by atomic mass is 9.96. The van der Waals surface area contributed by atoms with E-state index in [4.69, 9.17) is 4.99 Å². The third kappa shape index (κ3) is 4.69. The van der Waals surface area contributed by atoms with Crippen LogP contribution in [0.25, 0.3) is 0 Å². The summed E-state index contributed by atoms with van der Waals surface area (Å²) in [6, 6.07) is 8.87. The van der Waals surface area contributed by atoms with Crippen LogP contribution in [0.1, 0.15) is 43.4 Å². The van der Waals surface area contributed by atoms with E-state index >= 15 is 0 Å². The van der Waals surface area contributed by atoms with E-state index in [-0.39, 0.29) is 29.4 Å². The summed E-state index contributed by atoms with van der Waals surface area (Å²) in [6.07, 6.45) is 4.41. The number of nitrogens with zero attached hydrogens (tertiary/aromatic N) is 4. The highest BCUT2D eigenvalue weighted by atomic mass is 127. The highest BCUT2D eigenvalue weighted by Crippen LogP contribution is 2.50. The predicted octanol–water partition coefficient (Wildman–Crippen LogP) is 3.57. The Morgan fingerprint density at radius 2 is 2.14 bits per heavy atom. The topological polar surface area (TPSA) is 67.1 Å². The maximum atomic E-state index is 4.95. The van der Waals surface area contributed by atoms with Gasteiger partial charge in [0.1, 0.15) is 11.6 Å². The van der Waals surface area contributed by atoms with Gasteiger partial charge in [-0.15, -0.1) is 24.0 Å². The molecule has 0 amide bonds. The number of fused-ring (bicyclic) bond motifs is 1. The minimum atomic E-state index is 0. The lowest BCUT2D eigenvalue weighted by Gasteiger charge is -2.26. The number of aromatic nitrogens is 3. The van der Waals surface area contributed by atoms with Crippen LogP contribution in [0.5, 0.6) is 0 Å². The van der Waals surface area contributed by atoms with Gasteiger partial charge in [-0.3, -0.25) is 4.99 Å². The van der Waals surface area contributed by atoms with Gasteiger partial charge in [0.2, 0.25) is 0 Å². The van der Waals surface area contributed by atoms with E-state index in [0.717, 1.165) is 50.1 Å². The number of aryl methyl sites for hydroxylation is 2. The number of hydrogen-bond donors (Lipinski definition) is 2. The molecule has 0 bridgehead atoms. The van der Waals surface area contributed by atoms with Gasteiger partial charge >= 0.3 is 0 Å². The molecule has 28 heavy (non-hydrogen) atoms. The SMILES string of the molecule is CCNC(=NCC1(c2ccccc2Br)CC1)NC1CCc2nc(C)nn2C1.I. The highest BCUT2D eigenvalue weighted by molar-refractivity contribution is 14.0. The second kappa shape index (κ2) is 9.11. The second-order valence-corrected chi connectivity index (χ2v) is 8.45. The number of aliphatic imine (C=N–C) groups is 1. The molecule has 4 rings (SSSR count). The van der Waals surface area contributed by atoms with Crippen LogP contribution in [0.4, 0.5) is 0 Å². The largest absolute Gasteiger partial charge is 0.357 e. The first-order valence-electron chi connectivity index (χ1n) is 9.80. The Balaban J connectivity index is 0.00000225. The van der Waals surface area contributed by atoms with Crippen molar-refractivity contribution in [2.45, 2.75) is 57.5 Å². The van der Waals surface area contributed by atoms with Crippen molar-refractivity contribution in [1.82, 2.24) is 25.4 Å². The zero-order valence-electron chi connectivity index (χ0n) is 16.4. The molecule has 8 heteroatoms. The number of nitrogens with one attached hydrogen (secondary N) is 2. The van der Waals surface area contributed by atoms with Crippen LogP contribution in [-0.4, -0.2) is 39.9 Å². The summed E-state index contributed by atoms with van der Waals surface area (Å²) in [7, 11) is 0. The smallest absolute Gasteiger partial charge is 0.191 e. The van der Waals surface area contributed by atoms with Crippen molar-refractivity contribution >= 4 is 45.9 Å². The summed E-state index contributed by atoms with van der Waals surface area (Å²) in [5, 5.41) is 11.5. The molecule has 152 valence electrons. The molecule has 1 aromatic carbocycles. The van der Waals surface area contributed by atoms with Crippen LogP contribution in [0.2, 0.25) is 0 Å². The molecule has 0 radical (unpaired) electrons. The second-order valence-electron chi connectivity index (χ2n) is 7.59. The van der Waals surface area contributed by atoms with Gasteiger partial charge in [-0.1, -0.05) is 34.1 Å². The molecule has 0 saturated heterocycles. The molecule has 1 atom stereocenters. The Kier molecular flexibility index (Phi) is 7.01. The number of benzene rings is 1. The third-order valence-electron chi connectivity index (χ3n) is 5.49. The van der Waals surface area contributed by atoms with Crippen molar-refractivity contribution in [1.29, 1.82) is 0 Å². The molecule has 1 aliphatic heterocycles. The molecular formula is C20H28BrIN6. The molecule has 0 spiro atoms. The Bertz CT molecular complexity index is 845. The normalized spacial score (nSPS) is 20.1. The Morgan fingerprint density at radius 3 is 2.86 bits per heavy atom. The zero-order valence-corrected chi connectivity index (χ0v) is 20.3. The maximum absolute atomic E-state index is 4.95. The molecule has 1 aliphatic carbocycles. The molecule has 1 unspecified atom stereocenters. The van der Waals surface area contributed by atoms with E-state index in [1.807, 2.05) is 11.6 Å². The van der Waals surface area contributed by atoms with Crippen molar-refractivity contribution in [3.63, 3.8) is 0 Å². The number of hydrogen-bond acceptors (Lipinski definition) is 3. The van der Waals surface area contributed by atoms with Crippen LogP contribution in [-0.2, 0) is 18.4 Å². The summed E-state index contributed by atoms with van der Waals surface area (Å²) >= 11 is 3.71. The van der Waals surface area contributed by atoms with Gasteiger partial charge in [-0.25, -0.2) is 9.67 Å². The van der Waals surface area contributed by atoms with E-state index < -0.39 is 0 Å². The first-order chi connectivity index (χ1) is 13.1. The molecule has 2 heterocycles. The minimum Gasteiger partial charge on any atom is -0.357 e. The average molecular weight is 559 g/mol. The van der Waals surface area contributed by atoms with E-state index in [1.54, 1.807) is 0 Å². The van der Waals surface area contributed by atoms with Gasteiger partial charge in [-0.05, 0) is 44.7 Å². The summed E-state index contributed by atoms with van der Waals surface area (Å²) in [5.41, 5.74) is 1.57. The molecule has 2 N–H and O–H groups in total. The van der Waals surface area contributed by atoms with Gasteiger partial charge in [-0.2, -0.15) is 5.10 Å². The van der Waals surface area contributed by atoms with Crippen LogP contribution in [0.15, 0.2) is 33.7 Å². The monoisotopic (exact) mass is 558 g/mol. The van der Waals surface area contributed by atoms with Crippen LogP contribution < -0.4 is 10.6 Å². The Labute approximate surface area is 192 Å². The lowest BCUT2D eigenvalue weighted by Crippen LogP contribution is -2.47. The van der Waals surface area contributed by atoms with Crippen molar-refractivity contribution in [2.24, 2.45) is 4.99 Å². The van der Waals surface area contributed by atoms with E-state index in [9.17, 15) is 0 Å². The molecule has 6 nitrogen and oxygen atoms in total. The molecule has 1 aromatic heterocycles. The Morgan fingerprint density at radius 1 is 1.36 bits per heavy atom. The van der Waals surface area contributed by atoms with Crippen molar-refractivity contribution < 1.29 is 0 Å². The predicted molar refractivity (Wildman–Crippen MR) is 126 cm³/mol. The molecule has 1 fully saturated rings. The van der Waals surface area contributed by atoms with Gasteiger partial charge < -0.3 is 10.6 Å². The molecular weight excluding hydrogens is 531 g/mol. The Hall–Kier alpha value is -1.16. The summed E-state index contributed by atoms with van der Waals surface area (Å²) in [6.45, 7) is 6.57. The summed E-state index contributed by atoms with van der Waals surface area (Å²) in [4.78, 5) is 9.44. The van der Waals surface area contributed by atoms with Crippen LogP contribution >= 0.6 is 39.9 Å². The third-order valence-corrected chi connectivity index (χ3v) is 6.18. The lowest BCUT2D eigenvalue weighted by molar-refractivity contribution is 0.392. The fourth-order valence-electron chi connectivity index (χ4n) is 3.85. The first-order valence-corrected chi connectivity index (χ1v) is 10.6. The minimum absolute atomic E-state index is 0.